The summed E-state index contributed by atoms with van der Waals surface area (Å²) in [6.45, 7) is 4.00. The highest BCUT2D eigenvalue weighted by molar-refractivity contribution is 6.34. The van der Waals surface area contributed by atoms with E-state index in [9.17, 15) is 0 Å². The van der Waals surface area contributed by atoms with Crippen molar-refractivity contribution in [2.24, 2.45) is 0 Å². The van der Waals surface area contributed by atoms with Gasteiger partial charge in [0.25, 0.3) is 0 Å². The molecule has 0 bridgehead atoms. The smallest absolute Gasteiger partial charge is 0.213 e. The summed E-state index contributed by atoms with van der Waals surface area (Å²) in [7, 11) is 0. The molecule has 1 rings (SSSR count). The molecule has 2 radical (unpaired) electrons. The van der Waals surface area contributed by atoms with Gasteiger partial charge in [-0.05, 0) is 29.5 Å². The average Bonchev–Trinajstić information content (AvgIpc) is 1.93. The molecule has 0 amide bonds. The van der Waals surface area contributed by atoms with Gasteiger partial charge in [-0.3, -0.25) is 4.98 Å². The molecule has 0 aliphatic rings. The Morgan fingerprint density at radius 2 is 2.10 bits per heavy atom. The lowest BCUT2D eigenvalue weighted by molar-refractivity contribution is 1.25. The molecule has 50 valence electrons. The van der Waals surface area contributed by atoms with Crippen molar-refractivity contribution >= 4 is 26.5 Å². The zero-order chi connectivity index (χ0) is 7.72. The number of nitrogens with zero attached hydrogens (tertiary/aromatic N) is 1. The minimum Gasteiger partial charge on any atom is -0.398 e. The van der Waals surface area contributed by atoms with E-state index in [0.717, 1.165) is 21.4 Å². The summed E-state index contributed by atoms with van der Waals surface area (Å²) in [6.07, 6.45) is 1.83. The van der Waals surface area contributed by atoms with Gasteiger partial charge in [-0.1, -0.05) is 0 Å². The highest BCUT2D eigenvalue weighted by atomic mass is 27.0. The number of anilines is 1. The summed E-state index contributed by atoms with van der Waals surface area (Å²) >= 11 is 2.51. The first-order chi connectivity index (χ1) is 4.63. The summed E-state index contributed by atoms with van der Waals surface area (Å²) in [4.78, 5) is 4.08. The van der Waals surface area contributed by atoms with Crippen molar-refractivity contribution in [1.82, 2.24) is 4.98 Å². The Morgan fingerprint density at radius 3 is 2.60 bits per heavy atom. The fraction of sp³-hybridized carbons (Fsp3) is 0.286. The van der Waals surface area contributed by atoms with Crippen LogP contribution in [0, 0.1) is 13.8 Å². The van der Waals surface area contributed by atoms with Crippen molar-refractivity contribution < 1.29 is 0 Å². The van der Waals surface area contributed by atoms with E-state index in [1.54, 1.807) is 0 Å². The molecule has 1 aromatic heterocycles. The van der Waals surface area contributed by atoms with Gasteiger partial charge in [-0.15, -0.1) is 0 Å². The Labute approximate surface area is 68.9 Å². The minimum atomic E-state index is 0.782. The van der Waals surface area contributed by atoms with E-state index in [1.165, 1.54) is 0 Å². The number of nitrogen functional groups attached to an aromatic ring is 1. The van der Waals surface area contributed by atoms with Crippen LogP contribution in [0.15, 0.2) is 6.20 Å². The maximum absolute atomic E-state index is 5.70. The molecule has 0 fully saturated rings. The first kappa shape index (κ1) is 7.59. The lowest BCUT2D eigenvalue weighted by Gasteiger charge is -2.06. The SMILES string of the molecule is Cc1cn[c]([Al])c(N)c1C. The number of pyridine rings is 1. The van der Waals surface area contributed by atoms with Crippen molar-refractivity contribution in [2.75, 3.05) is 5.73 Å². The summed E-state index contributed by atoms with van der Waals surface area (Å²) in [5, 5.41) is 0. The molecule has 0 unspecified atom stereocenters. The number of rotatable bonds is 0. The normalized spacial score (nSPS) is 9.80. The van der Waals surface area contributed by atoms with E-state index in [-0.39, 0.29) is 0 Å². The number of aryl methyl sites for hydroxylation is 1. The summed E-state index contributed by atoms with van der Waals surface area (Å²) < 4.78 is 0.836. The van der Waals surface area contributed by atoms with Gasteiger partial charge in [0.05, 0.1) is 0 Å². The van der Waals surface area contributed by atoms with Crippen molar-refractivity contribution in [2.45, 2.75) is 13.8 Å². The van der Waals surface area contributed by atoms with Crippen LogP contribution in [0.2, 0.25) is 0 Å². The quantitative estimate of drug-likeness (QED) is 0.529. The molecule has 0 saturated carbocycles. The second-order valence-electron chi connectivity index (χ2n) is 2.37. The Balaban J connectivity index is 3.34. The van der Waals surface area contributed by atoms with Crippen LogP contribution in [-0.2, 0) is 0 Å². The molecule has 2 nitrogen and oxygen atoms in total. The maximum Gasteiger partial charge on any atom is 0.213 e. The lowest BCUT2D eigenvalue weighted by Crippen LogP contribution is -2.15. The van der Waals surface area contributed by atoms with Crippen molar-refractivity contribution in [3.8, 4) is 0 Å². The molecule has 1 aromatic rings. The molecule has 3 heteroatoms. The predicted molar refractivity (Wildman–Crippen MR) is 43.5 cm³/mol. The average molecular weight is 148 g/mol. The topological polar surface area (TPSA) is 38.9 Å². The lowest BCUT2D eigenvalue weighted by atomic mass is 10.1. The molecule has 10 heavy (non-hydrogen) atoms. The van der Waals surface area contributed by atoms with Gasteiger partial charge in [0.1, 0.15) is 0 Å². The van der Waals surface area contributed by atoms with E-state index >= 15 is 0 Å². The van der Waals surface area contributed by atoms with E-state index in [0.29, 0.717) is 0 Å². The molecule has 0 saturated heterocycles. The fourth-order valence-corrected chi connectivity index (χ4v) is 1.03. The fourth-order valence-electron chi connectivity index (χ4n) is 0.737. The van der Waals surface area contributed by atoms with E-state index < -0.39 is 0 Å². The summed E-state index contributed by atoms with van der Waals surface area (Å²) in [6, 6.07) is 0. The number of hydrogen-bond acceptors (Lipinski definition) is 2. The first-order valence-electron chi connectivity index (χ1n) is 3.10. The van der Waals surface area contributed by atoms with Crippen molar-refractivity contribution in [3.63, 3.8) is 0 Å². The highest BCUT2D eigenvalue weighted by Gasteiger charge is 1.98. The Kier molecular flexibility index (Phi) is 1.98. The zero-order valence-corrected chi connectivity index (χ0v) is 7.33. The van der Waals surface area contributed by atoms with Crippen LogP contribution in [0.4, 0.5) is 5.69 Å². The zero-order valence-electron chi connectivity index (χ0n) is 6.18. The van der Waals surface area contributed by atoms with Crippen molar-refractivity contribution in [3.05, 3.63) is 17.3 Å². The van der Waals surface area contributed by atoms with Crippen LogP contribution in [-0.4, -0.2) is 21.3 Å². The van der Waals surface area contributed by atoms with Crippen LogP contribution >= 0.6 is 0 Å². The van der Waals surface area contributed by atoms with E-state index in [4.69, 9.17) is 5.73 Å². The summed E-state index contributed by atoms with van der Waals surface area (Å²) in [5.41, 5.74) is 8.75. The van der Waals surface area contributed by atoms with Gasteiger partial charge in [-0.2, -0.15) is 0 Å². The Hall–Kier alpha value is -0.518. The Morgan fingerprint density at radius 1 is 1.50 bits per heavy atom. The van der Waals surface area contributed by atoms with Gasteiger partial charge >= 0.3 is 0 Å². The number of hydrogen-bond donors (Lipinski definition) is 1. The largest absolute Gasteiger partial charge is 0.398 e. The molecular weight excluding hydrogens is 139 g/mol. The summed E-state index contributed by atoms with van der Waals surface area (Å²) in [5.74, 6) is 0. The van der Waals surface area contributed by atoms with Crippen LogP contribution in [0.5, 0.6) is 0 Å². The van der Waals surface area contributed by atoms with Gasteiger partial charge in [0.2, 0.25) is 16.3 Å². The molecule has 0 aromatic carbocycles. The Bertz CT molecular complexity index is 231. The molecule has 1 heterocycles. The van der Waals surface area contributed by atoms with Gasteiger partial charge in [-0.25, -0.2) is 0 Å². The first-order valence-corrected chi connectivity index (χ1v) is 3.68. The van der Waals surface area contributed by atoms with Crippen LogP contribution < -0.4 is 10.3 Å². The van der Waals surface area contributed by atoms with Crippen LogP contribution in [0.3, 0.4) is 0 Å². The molecule has 0 aliphatic heterocycles. The van der Waals surface area contributed by atoms with Crippen LogP contribution in [0.1, 0.15) is 11.1 Å². The molecular formula is C7H9AlN2. The standard InChI is InChI=1S/C7H9N2.Al/c1-5-3-9-4-7(8)6(5)2;/h3H,8H2,1-2H3;. The predicted octanol–water partition coefficient (Wildman–Crippen LogP) is 0.0744. The van der Waals surface area contributed by atoms with E-state index in [1.807, 2.05) is 20.0 Å². The number of nitrogens with two attached hydrogens (primary N) is 1. The van der Waals surface area contributed by atoms with Gasteiger partial charge in [0, 0.05) is 11.9 Å². The third-order valence-electron chi connectivity index (χ3n) is 1.67. The third-order valence-corrected chi connectivity index (χ3v) is 2.13. The van der Waals surface area contributed by atoms with E-state index in [2.05, 4.69) is 21.3 Å². The second-order valence-corrected chi connectivity index (χ2v) is 2.91. The monoisotopic (exact) mass is 148 g/mol. The number of aromatic nitrogens is 1. The minimum absolute atomic E-state index is 0.782. The van der Waals surface area contributed by atoms with Gasteiger partial charge < -0.3 is 5.73 Å². The molecule has 0 spiro atoms. The molecule has 0 atom stereocenters. The maximum atomic E-state index is 5.70. The van der Waals surface area contributed by atoms with Crippen molar-refractivity contribution in [1.29, 1.82) is 0 Å². The molecule has 2 N–H and O–H groups in total. The van der Waals surface area contributed by atoms with Crippen LogP contribution in [0.25, 0.3) is 0 Å². The molecule has 0 aliphatic carbocycles. The third kappa shape index (κ3) is 1.16. The van der Waals surface area contributed by atoms with Gasteiger partial charge in [0.15, 0.2) is 0 Å². The second kappa shape index (κ2) is 2.61. The highest BCUT2D eigenvalue weighted by Crippen LogP contribution is 2.08.